The third kappa shape index (κ3) is 1.91. The van der Waals surface area contributed by atoms with Crippen molar-refractivity contribution in [2.75, 3.05) is 7.11 Å². The number of fused-ring (bicyclic) bond motifs is 1. The van der Waals surface area contributed by atoms with Crippen molar-refractivity contribution in [3.63, 3.8) is 0 Å². The monoisotopic (exact) mass is 268 g/mol. The third-order valence-corrected chi connectivity index (χ3v) is 3.19. The number of hydrogen-bond acceptors (Lipinski definition) is 4. The first kappa shape index (κ1) is 12.3. The van der Waals surface area contributed by atoms with Gasteiger partial charge in [0, 0.05) is 10.9 Å². The molecule has 4 heteroatoms. The number of carbonyl (C=O) groups excluding carboxylic acids is 1. The minimum Gasteiger partial charge on any atom is -0.507 e. The second kappa shape index (κ2) is 4.74. The van der Waals surface area contributed by atoms with Gasteiger partial charge < -0.3 is 14.3 Å². The third-order valence-electron chi connectivity index (χ3n) is 3.19. The van der Waals surface area contributed by atoms with E-state index in [9.17, 15) is 9.90 Å². The molecule has 3 aromatic rings. The molecule has 0 radical (unpaired) electrons. The van der Waals surface area contributed by atoms with Crippen LogP contribution >= 0.6 is 0 Å². The SMILES string of the molecule is COc1cccc(-c2cc3c(C=O)c(O)ccc3o2)c1. The van der Waals surface area contributed by atoms with E-state index >= 15 is 0 Å². The summed E-state index contributed by atoms with van der Waals surface area (Å²) < 4.78 is 10.9. The topological polar surface area (TPSA) is 59.7 Å². The van der Waals surface area contributed by atoms with E-state index in [0.717, 1.165) is 11.3 Å². The molecule has 100 valence electrons. The Morgan fingerprint density at radius 3 is 2.80 bits per heavy atom. The van der Waals surface area contributed by atoms with Gasteiger partial charge in [-0.15, -0.1) is 0 Å². The molecule has 0 saturated heterocycles. The Bertz CT molecular complexity index is 786. The summed E-state index contributed by atoms with van der Waals surface area (Å²) >= 11 is 0. The van der Waals surface area contributed by atoms with Gasteiger partial charge in [-0.2, -0.15) is 0 Å². The first-order valence-electron chi connectivity index (χ1n) is 6.08. The van der Waals surface area contributed by atoms with Crippen molar-refractivity contribution in [2.24, 2.45) is 0 Å². The lowest BCUT2D eigenvalue weighted by Gasteiger charge is -2.01. The lowest BCUT2D eigenvalue weighted by molar-refractivity contribution is 0.112. The summed E-state index contributed by atoms with van der Waals surface area (Å²) in [5.41, 5.74) is 1.64. The summed E-state index contributed by atoms with van der Waals surface area (Å²) in [6, 6.07) is 12.3. The number of rotatable bonds is 3. The van der Waals surface area contributed by atoms with Gasteiger partial charge in [-0.1, -0.05) is 12.1 Å². The summed E-state index contributed by atoms with van der Waals surface area (Å²) in [5.74, 6) is 1.29. The zero-order chi connectivity index (χ0) is 14.1. The first-order chi connectivity index (χ1) is 9.72. The smallest absolute Gasteiger partial charge is 0.154 e. The molecule has 0 bridgehead atoms. The average molecular weight is 268 g/mol. The maximum atomic E-state index is 11.1. The maximum Gasteiger partial charge on any atom is 0.154 e. The molecule has 0 unspecified atom stereocenters. The van der Waals surface area contributed by atoms with E-state index in [1.54, 1.807) is 19.2 Å². The Hall–Kier alpha value is -2.75. The lowest BCUT2D eigenvalue weighted by atomic mass is 10.1. The molecule has 0 aliphatic carbocycles. The minimum absolute atomic E-state index is 0.0505. The number of methoxy groups -OCH3 is 1. The molecule has 0 spiro atoms. The Morgan fingerprint density at radius 2 is 2.05 bits per heavy atom. The van der Waals surface area contributed by atoms with Crippen LogP contribution < -0.4 is 4.74 Å². The van der Waals surface area contributed by atoms with Crippen LogP contribution in [0.4, 0.5) is 0 Å². The zero-order valence-electron chi connectivity index (χ0n) is 10.8. The summed E-state index contributed by atoms with van der Waals surface area (Å²) in [7, 11) is 1.60. The Kier molecular flexibility index (Phi) is 2.91. The van der Waals surface area contributed by atoms with Gasteiger partial charge in [-0.05, 0) is 30.3 Å². The predicted molar refractivity (Wildman–Crippen MR) is 75.3 cm³/mol. The number of aromatic hydroxyl groups is 1. The molecule has 0 aliphatic rings. The zero-order valence-corrected chi connectivity index (χ0v) is 10.8. The van der Waals surface area contributed by atoms with Gasteiger partial charge in [0.1, 0.15) is 22.8 Å². The number of ether oxygens (including phenoxy) is 1. The van der Waals surface area contributed by atoms with Crippen LogP contribution in [0.25, 0.3) is 22.3 Å². The van der Waals surface area contributed by atoms with Crippen LogP contribution in [0.15, 0.2) is 46.9 Å². The van der Waals surface area contributed by atoms with E-state index in [1.807, 2.05) is 24.3 Å². The number of benzene rings is 2. The molecule has 0 fully saturated rings. The van der Waals surface area contributed by atoms with Gasteiger partial charge in [0.25, 0.3) is 0 Å². The van der Waals surface area contributed by atoms with Crippen molar-refractivity contribution in [1.82, 2.24) is 0 Å². The van der Waals surface area contributed by atoms with E-state index in [-0.39, 0.29) is 11.3 Å². The highest BCUT2D eigenvalue weighted by Gasteiger charge is 2.12. The number of furan rings is 1. The van der Waals surface area contributed by atoms with Gasteiger partial charge in [0.2, 0.25) is 0 Å². The molecule has 1 N–H and O–H groups in total. The van der Waals surface area contributed by atoms with Crippen LogP contribution in [0.5, 0.6) is 11.5 Å². The number of aldehydes is 1. The summed E-state index contributed by atoms with van der Waals surface area (Å²) in [6.07, 6.45) is 0.628. The summed E-state index contributed by atoms with van der Waals surface area (Å²) in [6.45, 7) is 0. The van der Waals surface area contributed by atoms with Crippen molar-refractivity contribution in [1.29, 1.82) is 0 Å². The largest absolute Gasteiger partial charge is 0.507 e. The molecule has 0 atom stereocenters. The van der Waals surface area contributed by atoms with Crippen LogP contribution in [-0.4, -0.2) is 18.5 Å². The molecule has 0 amide bonds. The Morgan fingerprint density at radius 1 is 1.20 bits per heavy atom. The lowest BCUT2D eigenvalue weighted by Crippen LogP contribution is -1.82. The van der Waals surface area contributed by atoms with Crippen LogP contribution in [0.3, 0.4) is 0 Å². The fraction of sp³-hybridized carbons (Fsp3) is 0.0625. The van der Waals surface area contributed by atoms with Crippen molar-refractivity contribution in [3.8, 4) is 22.8 Å². The van der Waals surface area contributed by atoms with E-state index in [4.69, 9.17) is 9.15 Å². The molecule has 4 nitrogen and oxygen atoms in total. The molecule has 3 rings (SSSR count). The van der Waals surface area contributed by atoms with E-state index in [2.05, 4.69) is 0 Å². The van der Waals surface area contributed by atoms with Gasteiger partial charge >= 0.3 is 0 Å². The maximum absolute atomic E-state index is 11.1. The fourth-order valence-electron chi connectivity index (χ4n) is 2.16. The molecule has 20 heavy (non-hydrogen) atoms. The molecular formula is C16H12O4. The molecule has 0 saturated carbocycles. The highest BCUT2D eigenvalue weighted by atomic mass is 16.5. The van der Waals surface area contributed by atoms with Crippen LogP contribution in [0.2, 0.25) is 0 Å². The number of phenols is 1. The highest BCUT2D eigenvalue weighted by molar-refractivity contribution is 6.00. The van der Waals surface area contributed by atoms with Crippen LogP contribution in [0.1, 0.15) is 10.4 Å². The van der Waals surface area contributed by atoms with Crippen LogP contribution in [-0.2, 0) is 0 Å². The van der Waals surface area contributed by atoms with Crippen molar-refractivity contribution < 1.29 is 19.1 Å². The van der Waals surface area contributed by atoms with Gasteiger partial charge in [0.15, 0.2) is 6.29 Å². The predicted octanol–water partition coefficient (Wildman–Crippen LogP) is 3.63. The molecule has 1 aromatic heterocycles. The standard InChI is InChI=1S/C16H12O4/c1-19-11-4-2-3-10(7-11)16-8-12-13(9-17)14(18)5-6-15(12)20-16/h2-9,18H,1H3. The van der Waals surface area contributed by atoms with Crippen LogP contribution in [0, 0.1) is 0 Å². The summed E-state index contributed by atoms with van der Waals surface area (Å²) in [5, 5.41) is 10.3. The fourth-order valence-corrected chi connectivity index (χ4v) is 2.16. The van der Waals surface area contributed by atoms with Crippen molar-refractivity contribution >= 4 is 17.3 Å². The number of hydrogen-bond donors (Lipinski definition) is 1. The average Bonchev–Trinajstić information content (AvgIpc) is 2.91. The van der Waals surface area contributed by atoms with Crippen molar-refractivity contribution in [2.45, 2.75) is 0 Å². The van der Waals surface area contributed by atoms with Gasteiger partial charge in [-0.3, -0.25) is 4.79 Å². The Balaban J connectivity index is 2.20. The molecule has 0 aliphatic heterocycles. The van der Waals surface area contributed by atoms with E-state index in [1.165, 1.54) is 6.07 Å². The first-order valence-corrected chi connectivity index (χ1v) is 6.08. The second-order valence-corrected chi connectivity index (χ2v) is 4.37. The molecular weight excluding hydrogens is 256 g/mol. The van der Waals surface area contributed by atoms with Gasteiger partial charge in [-0.25, -0.2) is 0 Å². The van der Waals surface area contributed by atoms with E-state index < -0.39 is 0 Å². The highest BCUT2D eigenvalue weighted by Crippen LogP contribution is 2.33. The molecule has 2 aromatic carbocycles. The normalized spacial score (nSPS) is 10.7. The Labute approximate surface area is 115 Å². The minimum atomic E-state index is -0.0505. The van der Waals surface area contributed by atoms with Gasteiger partial charge in [0.05, 0.1) is 12.7 Å². The quantitative estimate of drug-likeness (QED) is 0.737. The number of carbonyl (C=O) groups is 1. The van der Waals surface area contributed by atoms with E-state index in [0.29, 0.717) is 23.0 Å². The second-order valence-electron chi connectivity index (χ2n) is 4.37. The van der Waals surface area contributed by atoms with Crippen molar-refractivity contribution in [3.05, 3.63) is 48.0 Å². The molecule has 1 heterocycles. The number of phenolic OH excluding ortho intramolecular Hbond substituents is 1. The summed E-state index contributed by atoms with van der Waals surface area (Å²) in [4.78, 5) is 11.1.